The molecule has 0 saturated heterocycles. The Morgan fingerprint density at radius 1 is 1.09 bits per heavy atom. The lowest BCUT2D eigenvalue weighted by Gasteiger charge is -2.13. The molecule has 0 unspecified atom stereocenters. The zero-order valence-corrected chi connectivity index (χ0v) is 19.6. The number of anilines is 3. The van der Waals surface area contributed by atoms with Crippen molar-refractivity contribution < 1.29 is 21.2 Å². The lowest BCUT2D eigenvalue weighted by atomic mass is 10.2. The van der Waals surface area contributed by atoms with Gasteiger partial charge in [-0.3, -0.25) is 0 Å². The van der Waals surface area contributed by atoms with Crippen molar-refractivity contribution in [2.45, 2.75) is 22.6 Å². The molecule has 4 rings (SSSR count). The summed E-state index contributed by atoms with van der Waals surface area (Å²) in [5.41, 5.74) is 1.18. The highest BCUT2D eigenvalue weighted by Crippen LogP contribution is 2.21. The highest BCUT2D eigenvalue weighted by molar-refractivity contribution is 7.89. The van der Waals surface area contributed by atoms with Gasteiger partial charge in [0.2, 0.25) is 26.0 Å². The van der Waals surface area contributed by atoms with Crippen LogP contribution in [0.2, 0.25) is 0 Å². The summed E-state index contributed by atoms with van der Waals surface area (Å²) < 4.78 is 67.9. The normalized spacial score (nSPS) is 15.7. The Bertz CT molecular complexity index is 1380. The molecule has 180 valence electrons. The Morgan fingerprint density at radius 3 is 2.68 bits per heavy atom. The minimum Gasteiger partial charge on any atom is -0.370 e. The van der Waals surface area contributed by atoms with Crippen LogP contribution in [0.4, 0.5) is 21.8 Å². The van der Waals surface area contributed by atoms with E-state index in [1.165, 1.54) is 24.3 Å². The van der Waals surface area contributed by atoms with Crippen LogP contribution in [0.1, 0.15) is 12.0 Å². The number of aromatic nitrogens is 2. The molecule has 0 aliphatic carbocycles. The topological polar surface area (TPSA) is 142 Å². The molecule has 1 aromatic heterocycles. The van der Waals surface area contributed by atoms with Crippen molar-refractivity contribution in [3.8, 4) is 0 Å². The van der Waals surface area contributed by atoms with Gasteiger partial charge in [-0.2, -0.15) is 4.98 Å². The maximum atomic E-state index is 13.1. The average molecular weight is 507 g/mol. The van der Waals surface area contributed by atoms with Crippen molar-refractivity contribution in [1.29, 1.82) is 0 Å². The van der Waals surface area contributed by atoms with Crippen LogP contribution in [0.25, 0.3) is 0 Å². The fourth-order valence-corrected chi connectivity index (χ4v) is 5.43. The number of nitrogens with one attached hydrogen (secondary N) is 4. The first kappa shape index (κ1) is 24.0. The first-order chi connectivity index (χ1) is 16.2. The van der Waals surface area contributed by atoms with Gasteiger partial charge in [-0.15, -0.1) is 0 Å². The highest BCUT2D eigenvalue weighted by Gasteiger charge is 2.17. The molecule has 2 heterocycles. The summed E-state index contributed by atoms with van der Waals surface area (Å²) in [6.45, 7) is 0.745. The molecule has 13 heteroatoms. The van der Waals surface area contributed by atoms with Crippen LogP contribution >= 0.6 is 0 Å². The molecule has 0 atom stereocenters. The highest BCUT2D eigenvalue weighted by atomic mass is 32.2. The van der Waals surface area contributed by atoms with Crippen LogP contribution in [0.15, 0.2) is 64.5 Å². The van der Waals surface area contributed by atoms with E-state index in [9.17, 15) is 21.2 Å². The Morgan fingerprint density at radius 2 is 1.88 bits per heavy atom. The van der Waals surface area contributed by atoms with Crippen LogP contribution in [0.5, 0.6) is 0 Å². The van der Waals surface area contributed by atoms with Crippen molar-refractivity contribution in [2.24, 2.45) is 0 Å². The molecule has 0 amide bonds. The average Bonchev–Trinajstić information content (AvgIpc) is 2.80. The van der Waals surface area contributed by atoms with Crippen molar-refractivity contribution in [3.63, 3.8) is 0 Å². The number of hydrogen-bond acceptors (Lipinski definition) is 8. The number of fused-ring (bicyclic) bond motifs is 4. The van der Waals surface area contributed by atoms with E-state index in [4.69, 9.17) is 0 Å². The Balaban J connectivity index is 1.51. The quantitative estimate of drug-likeness (QED) is 0.412. The van der Waals surface area contributed by atoms with E-state index in [0.29, 0.717) is 36.5 Å². The van der Waals surface area contributed by atoms with Crippen molar-refractivity contribution in [3.05, 3.63) is 66.1 Å². The van der Waals surface area contributed by atoms with Gasteiger partial charge in [-0.05, 0) is 55.3 Å². The first-order valence-corrected chi connectivity index (χ1v) is 13.4. The van der Waals surface area contributed by atoms with Gasteiger partial charge in [-0.25, -0.2) is 35.7 Å². The molecule has 2 aromatic carbocycles. The third kappa shape index (κ3) is 5.86. The largest absolute Gasteiger partial charge is 0.370 e. The SMILES string of the molecule is O=S1(=O)NCCCNc2nc(ncc2CCNS(=O)(=O)c2ccc(F)cc2)Nc2cccc1c2. The van der Waals surface area contributed by atoms with E-state index in [0.717, 1.165) is 12.1 Å². The molecule has 4 N–H and O–H groups in total. The standard InChI is InChI=1S/C21H23FN6O4S2/c22-16-5-7-18(8-6-16)33(29,30)26-12-9-15-14-24-21-27-17-3-1-4-19(13-17)34(31,32)25-11-2-10-23-20(15)28-21/h1,3-8,13-14,25-26H,2,9-12H2,(H2,23,24,27,28). The lowest BCUT2D eigenvalue weighted by molar-refractivity contribution is 0.578. The van der Waals surface area contributed by atoms with E-state index in [-0.39, 0.29) is 28.8 Å². The summed E-state index contributed by atoms with van der Waals surface area (Å²) in [5.74, 6) is 0.257. The summed E-state index contributed by atoms with van der Waals surface area (Å²) in [4.78, 5) is 8.88. The minimum atomic E-state index is -3.79. The Hall–Kier alpha value is -3.13. The Labute approximate surface area is 197 Å². The van der Waals surface area contributed by atoms with E-state index >= 15 is 0 Å². The van der Waals surface area contributed by atoms with Gasteiger partial charge in [0.1, 0.15) is 11.6 Å². The Kier molecular flexibility index (Phi) is 7.07. The van der Waals surface area contributed by atoms with Gasteiger partial charge in [-0.1, -0.05) is 6.07 Å². The molecule has 3 aromatic rings. The van der Waals surface area contributed by atoms with E-state index in [2.05, 4.69) is 30.0 Å². The fraction of sp³-hybridized carbons (Fsp3) is 0.238. The third-order valence-electron chi connectivity index (χ3n) is 5.01. The number of rotatable bonds is 5. The molecular weight excluding hydrogens is 483 g/mol. The fourth-order valence-electron chi connectivity index (χ4n) is 3.28. The summed E-state index contributed by atoms with van der Waals surface area (Å²) in [6.07, 6.45) is 2.38. The third-order valence-corrected chi connectivity index (χ3v) is 7.95. The molecular formula is C21H23FN6O4S2. The molecule has 10 nitrogen and oxygen atoms in total. The number of benzene rings is 2. The van der Waals surface area contributed by atoms with Crippen LogP contribution in [-0.4, -0.2) is 46.4 Å². The molecule has 4 bridgehead atoms. The van der Waals surface area contributed by atoms with Crippen molar-refractivity contribution in [1.82, 2.24) is 19.4 Å². The summed E-state index contributed by atoms with van der Waals surface area (Å²) in [5, 5.41) is 6.16. The van der Waals surface area contributed by atoms with Gasteiger partial charge < -0.3 is 10.6 Å². The molecule has 0 saturated carbocycles. The minimum absolute atomic E-state index is 0.0294. The summed E-state index contributed by atoms with van der Waals surface area (Å²) in [7, 11) is -7.43. The maximum Gasteiger partial charge on any atom is 0.240 e. The van der Waals surface area contributed by atoms with Crippen molar-refractivity contribution in [2.75, 3.05) is 30.3 Å². The van der Waals surface area contributed by atoms with Crippen molar-refractivity contribution >= 4 is 37.5 Å². The predicted octanol–water partition coefficient (Wildman–Crippen LogP) is 1.97. The number of halogens is 1. The van der Waals surface area contributed by atoms with Gasteiger partial charge in [0.15, 0.2) is 0 Å². The number of sulfonamides is 2. The van der Waals surface area contributed by atoms with E-state index in [1.807, 2.05) is 0 Å². The molecule has 1 aliphatic rings. The summed E-state index contributed by atoms with van der Waals surface area (Å²) in [6, 6.07) is 10.9. The second-order valence-corrected chi connectivity index (χ2v) is 11.0. The molecule has 34 heavy (non-hydrogen) atoms. The zero-order chi connectivity index (χ0) is 24.2. The molecule has 0 spiro atoms. The van der Waals surface area contributed by atoms with Gasteiger partial charge in [0.05, 0.1) is 9.79 Å². The molecule has 1 aliphatic heterocycles. The van der Waals surface area contributed by atoms with Gasteiger partial charge in [0.25, 0.3) is 0 Å². The van der Waals surface area contributed by atoms with E-state index < -0.39 is 25.9 Å². The maximum absolute atomic E-state index is 13.1. The smallest absolute Gasteiger partial charge is 0.240 e. The van der Waals surface area contributed by atoms with Gasteiger partial charge in [0, 0.05) is 37.1 Å². The number of nitrogens with zero attached hydrogens (tertiary/aromatic N) is 2. The van der Waals surface area contributed by atoms with E-state index in [1.54, 1.807) is 18.3 Å². The van der Waals surface area contributed by atoms with Crippen LogP contribution in [-0.2, 0) is 26.5 Å². The second kappa shape index (κ2) is 10.0. The first-order valence-electron chi connectivity index (χ1n) is 10.4. The molecule has 0 radical (unpaired) electrons. The van der Waals surface area contributed by atoms with Crippen LogP contribution < -0.4 is 20.1 Å². The second-order valence-electron chi connectivity index (χ2n) is 7.50. The number of hydrogen-bond donors (Lipinski definition) is 4. The van der Waals surface area contributed by atoms with Crippen LogP contribution in [0, 0.1) is 5.82 Å². The molecule has 0 fully saturated rings. The predicted molar refractivity (Wildman–Crippen MR) is 125 cm³/mol. The van der Waals surface area contributed by atoms with Crippen LogP contribution in [0.3, 0.4) is 0 Å². The van der Waals surface area contributed by atoms with Gasteiger partial charge >= 0.3 is 0 Å². The lowest BCUT2D eigenvalue weighted by Crippen LogP contribution is -2.27. The zero-order valence-electron chi connectivity index (χ0n) is 18.0. The summed E-state index contributed by atoms with van der Waals surface area (Å²) >= 11 is 0. The monoisotopic (exact) mass is 506 g/mol.